The number of fused-ring (bicyclic) bond motifs is 3. The zero-order valence-corrected chi connectivity index (χ0v) is 31.7. The predicted octanol–water partition coefficient (Wildman–Crippen LogP) is 5.83. The second-order valence-corrected chi connectivity index (χ2v) is 18.6. The molecule has 0 spiro atoms. The summed E-state index contributed by atoms with van der Waals surface area (Å²) in [5.41, 5.74) is -3.44. The van der Waals surface area contributed by atoms with Crippen LogP contribution in [0, 0.1) is 17.3 Å². The summed E-state index contributed by atoms with van der Waals surface area (Å²) < 4.78 is 81.6. The molecule has 0 radical (unpaired) electrons. The molecule has 1 aromatic carbocycles. The van der Waals surface area contributed by atoms with Gasteiger partial charge >= 0.3 is 12.1 Å². The van der Waals surface area contributed by atoms with Crippen LogP contribution in [0.5, 0.6) is 5.88 Å². The first-order valence-electron chi connectivity index (χ1n) is 18.5. The molecule has 2 amide bonds. The largest absolute Gasteiger partial charge is 0.471 e. The molecule has 2 aliphatic carbocycles. The number of nitrogens with zero attached hydrogens (tertiary/aromatic N) is 3. The van der Waals surface area contributed by atoms with Gasteiger partial charge in [0.25, 0.3) is 0 Å². The Kier molecular flexibility index (Phi) is 10.7. The molecule has 294 valence electrons. The van der Waals surface area contributed by atoms with E-state index in [2.05, 4.69) is 14.7 Å². The van der Waals surface area contributed by atoms with Crippen LogP contribution in [0.3, 0.4) is 0 Å². The molecule has 1 aromatic heterocycles. The number of hydrogen-bond donors (Lipinski definition) is 1. The lowest BCUT2D eigenvalue weighted by atomic mass is 9.90. The van der Waals surface area contributed by atoms with Gasteiger partial charge in [0.1, 0.15) is 11.7 Å². The Morgan fingerprint density at radius 3 is 2.37 bits per heavy atom. The second kappa shape index (κ2) is 14.5. The molecule has 16 heteroatoms. The van der Waals surface area contributed by atoms with Crippen LogP contribution in [0.4, 0.5) is 13.2 Å². The molecule has 12 nitrogen and oxygen atoms in total. The van der Waals surface area contributed by atoms with E-state index in [1.54, 1.807) is 33.8 Å². The first-order chi connectivity index (χ1) is 25.2. The van der Waals surface area contributed by atoms with E-state index in [0.29, 0.717) is 38.5 Å². The monoisotopic (exact) mass is 776 g/mol. The fourth-order valence-electron chi connectivity index (χ4n) is 7.41. The molecule has 4 aliphatic rings. The van der Waals surface area contributed by atoms with Crippen LogP contribution in [0.2, 0.25) is 0 Å². The zero-order valence-electron chi connectivity index (χ0n) is 30.9. The van der Waals surface area contributed by atoms with Crippen molar-refractivity contribution in [2.45, 2.75) is 127 Å². The van der Waals surface area contributed by atoms with Crippen LogP contribution in [-0.4, -0.2) is 75.9 Å². The van der Waals surface area contributed by atoms with Gasteiger partial charge in [-0.1, -0.05) is 37.1 Å². The lowest BCUT2D eigenvalue weighted by molar-refractivity contribution is -0.159. The fraction of sp³-hybridized carbons (Fsp3) is 0.632. The van der Waals surface area contributed by atoms with Gasteiger partial charge in [-0.3, -0.25) is 23.9 Å². The van der Waals surface area contributed by atoms with Gasteiger partial charge < -0.3 is 14.4 Å². The van der Waals surface area contributed by atoms with E-state index in [-0.39, 0.29) is 36.8 Å². The van der Waals surface area contributed by atoms with E-state index < -0.39 is 97.5 Å². The van der Waals surface area contributed by atoms with Gasteiger partial charge in [0.05, 0.1) is 40.2 Å². The smallest absolute Gasteiger partial charge is 0.438 e. The molecule has 2 aliphatic heterocycles. The SMILES string of the molecule is CC(C)(C)OC(=O)C[C@H]1CCCCC/C=C\[C@@H]2C[C@@]2(C(=O)NS(=O)(=O)C2(C)CC2)CC(=O)[C@@H]2C[C@@H](Oc3nc4ccccc4nc3C(F)(F)F)CN2C1=O. The minimum atomic E-state index is -4.94. The number of alkyl halides is 3. The van der Waals surface area contributed by atoms with Gasteiger partial charge in [-0.15, -0.1) is 0 Å². The van der Waals surface area contributed by atoms with E-state index in [1.807, 2.05) is 12.2 Å². The molecule has 6 rings (SSSR count). The van der Waals surface area contributed by atoms with E-state index in [0.717, 1.165) is 6.42 Å². The molecular weight excluding hydrogens is 729 g/mol. The van der Waals surface area contributed by atoms with Gasteiger partial charge in [-0.25, -0.2) is 18.4 Å². The molecule has 1 N–H and O–H groups in total. The van der Waals surface area contributed by atoms with Crippen LogP contribution in [-0.2, 0) is 40.1 Å². The van der Waals surface area contributed by atoms with Gasteiger partial charge in [0.2, 0.25) is 33.4 Å². The summed E-state index contributed by atoms with van der Waals surface area (Å²) in [5.74, 6) is -4.68. The molecule has 5 atom stereocenters. The third kappa shape index (κ3) is 8.57. The molecule has 54 heavy (non-hydrogen) atoms. The Hall–Kier alpha value is -4.08. The number of rotatable bonds is 7. The van der Waals surface area contributed by atoms with Crippen molar-refractivity contribution in [3.63, 3.8) is 0 Å². The number of para-hydroxylation sites is 2. The maximum absolute atomic E-state index is 14.5. The standard InChI is InChI=1S/C38H47F3N4O8S/c1-35(2,3)53-30(47)18-23-12-8-6-5-7-9-13-24-20-37(24,34(49)44-54(50,51)36(4)16-17-36)21-29(46)28-19-25(22-45(28)33(23)48)52-32-31(38(39,40)41)42-26-14-10-11-15-27(26)43-32/h9-11,13-15,23-25,28H,5-8,12,16-22H2,1-4H3,(H,44,49)/b13-9-/t23-,24-,25-,28+,37-/m1/s1. The number of ketones is 1. The first-order valence-corrected chi connectivity index (χ1v) is 20.0. The molecule has 0 unspecified atom stereocenters. The van der Waals surface area contributed by atoms with Gasteiger partial charge in [0, 0.05) is 18.8 Å². The number of aromatic nitrogens is 2. The third-order valence-electron chi connectivity index (χ3n) is 10.9. The maximum atomic E-state index is 14.5. The molecular formula is C38H47F3N4O8S. The molecule has 0 bridgehead atoms. The normalized spacial score (nSPS) is 28.2. The Balaban J connectivity index is 1.34. The van der Waals surface area contributed by atoms with E-state index >= 15 is 0 Å². The first kappa shape index (κ1) is 39.6. The molecule has 3 fully saturated rings. The number of hydrogen-bond acceptors (Lipinski definition) is 10. The number of ether oxygens (including phenoxy) is 2. The number of halogens is 3. The molecule has 3 heterocycles. The second-order valence-electron chi connectivity index (χ2n) is 16.4. The molecule has 1 saturated heterocycles. The van der Waals surface area contributed by atoms with Crippen molar-refractivity contribution in [3.05, 3.63) is 42.1 Å². The number of carbonyl (C=O) groups excluding carboxylic acids is 4. The van der Waals surface area contributed by atoms with Gasteiger partial charge in [-0.2, -0.15) is 13.2 Å². The Bertz CT molecular complexity index is 1960. The summed E-state index contributed by atoms with van der Waals surface area (Å²) in [6.45, 7) is 6.34. The fourth-order valence-corrected chi connectivity index (χ4v) is 8.75. The minimum Gasteiger partial charge on any atom is -0.471 e. The van der Waals surface area contributed by atoms with Gasteiger partial charge in [-0.05, 0) is 84.3 Å². The van der Waals surface area contributed by atoms with Crippen molar-refractivity contribution in [1.29, 1.82) is 0 Å². The minimum absolute atomic E-state index is 0.000837. The number of Topliss-reactive ketones (excluding diaryl/α,β-unsaturated/α-hetero) is 1. The average molecular weight is 777 g/mol. The highest BCUT2D eigenvalue weighted by Gasteiger charge is 2.62. The topological polar surface area (TPSA) is 162 Å². The van der Waals surface area contributed by atoms with Crippen molar-refractivity contribution in [3.8, 4) is 5.88 Å². The van der Waals surface area contributed by atoms with E-state index in [4.69, 9.17) is 9.47 Å². The van der Waals surface area contributed by atoms with E-state index in [1.165, 1.54) is 23.1 Å². The number of nitrogens with one attached hydrogen (secondary N) is 1. The number of amides is 2. The van der Waals surface area contributed by atoms with Crippen molar-refractivity contribution < 1.29 is 50.2 Å². The third-order valence-corrected chi connectivity index (χ3v) is 13.0. The van der Waals surface area contributed by atoms with E-state index in [9.17, 15) is 40.8 Å². The van der Waals surface area contributed by atoms with Crippen LogP contribution < -0.4 is 9.46 Å². The summed E-state index contributed by atoms with van der Waals surface area (Å²) in [6.07, 6.45) is 0.736. The van der Waals surface area contributed by atoms with Gasteiger partial charge in [0.15, 0.2) is 5.78 Å². The van der Waals surface area contributed by atoms with Crippen LogP contribution >= 0.6 is 0 Å². The Labute approximate surface area is 312 Å². The zero-order chi connectivity index (χ0) is 39.3. The highest BCUT2D eigenvalue weighted by atomic mass is 32.2. The van der Waals surface area contributed by atoms with Crippen molar-refractivity contribution in [1.82, 2.24) is 19.6 Å². The molecule has 2 aromatic rings. The maximum Gasteiger partial charge on any atom is 0.438 e. The Morgan fingerprint density at radius 2 is 1.72 bits per heavy atom. The number of esters is 1. The van der Waals surface area contributed by atoms with Crippen LogP contribution in [0.25, 0.3) is 11.0 Å². The highest BCUT2D eigenvalue weighted by Crippen LogP contribution is 2.57. The number of allylic oxidation sites excluding steroid dienone is 2. The van der Waals surface area contributed by atoms with Crippen molar-refractivity contribution in [2.75, 3.05) is 6.54 Å². The lowest BCUT2D eigenvalue weighted by Crippen LogP contribution is -2.47. The lowest BCUT2D eigenvalue weighted by Gasteiger charge is -2.29. The summed E-state index contributed by atoms with van der Waals surface area (Å²) >= 11 is 0. The predicted molar refractivity (Wildman–Crippen MR) is 190 cm³/mol. The van der Waals surface area contributed by atoms with Crippen molar-refractivity contribution >= 4 is 44.6 Å². The summed E-state index contributed by atoms with van der Waals surface area (Å²) in [4.78, 5) is 64.8. The summed E-state index contributed by atoms with van der Waals surface area (Å²) in [6, 6.07) is 4.74. The summed E-state index contributed by atoms with van der Waals surface area (Å²) in [7, 11) is -4.03. The molecule has 2 saturated carbocycles. The quantitative estimate of drug-likeness (QED) is 0.268. The highest BCUT2D eigenvalue weighted by molar-refractivity contribution is 7.91. The number of sulfonamides is 1. The number of carbonyl (C=O) groups is 4. The summed E-state index contributed by atoms with van der Waals surface area (Å²) in [5, 5.41) is 0. The Morgan fingerprint density at radius 1 is 1.04 bits per heavy atom. The van der Waals surface area contributed by atoms with Crippen LogP contribution in [0.1, 0.15) is 104 Å². The average Bonchev–Trinajstić information content (AvgIpc) is 3.95. The van der Waals surface area contributed by atoms with Crippen LogP contribution in [0.15, 0.2) is 36.4 Å². The van der Waals surface area contributed by atoms with Crippen molar-refractivity contribution in [2.24, 2.45) is 17.3 Å². The number of benzene rings is 1.